The second-order valence-electron chi connectivity index (χ2n) is 3.96. The second kappa shape index (κ2) is 3.79. The number of quaternary nitrogens is 1. The quantitative estimate of drug-likeness (QED) is 0.686. The van der Waals surface area contributed by atoms with Gasteiger partial charge in [0.15, 0.2) is 0 Å². The van der Waals surface area contributed by atoms with Crippen LogP contribution in [0.4, 0.5) is 0 Å². The maximum Gasteiger partial charge on any atom is 0.121 e. The Kier molecular flexibility index (Phi) is 2.94. The minimum Gasteiger partial charge on any atom is -0.507 e. The molecule has 0 aliphatic heterocycles. The van der Waals surface area contributed by atoms with Crippen molar-refractivity contribution < 1.29 is 10.0 Å². The van der Waals surface area contributed by atoms with Gasteiger partial charge < -0.3 is 10.0 Å². The van der Waals surface area contributed by atoms with E-state index in [9.17, 15) is 5.11 Å². The van der Waals surface area contributed by atoms with Crippen molar-refractivity contribution in [2.24, 2.45) is 0 Å². The number of aryl methyl sites for hydroxylation is 2. The summed E-state index contributed by atoms with van der Waals surface area (Å²) in [7, 11) is 4.25. The molecule has 0 saturated carbocycles. The van der Waals surface area contributed by atoms with E-state index in [1.165, 1.54) is 10.5 Å². The van der Waals surface area contributed by atoms with Crippen molar-refractivity contribution in [2.75, 3.05) is 14.1 Å². The number of phenolic OH excluding ortho intramolecular Hbond substituents is 1. The zero-order chi connectivity index (χ0) is 10.0. The van der Waals surface area contributed by atoms with Crippen LogP contribution in [0.15, 0.2) is 12.1 Å². The van der Waals surface area contributed by atoms with Gasteiger partial charge in [-0.15, -0.1) is 0 Å². The van der Waals surface area contributed by atoms with E-state index in [2.05, 4.69) is 26.2 Å². The third kappa shape index (κ3) is 2.46. The zero-order valence-electron chi connectivity index (χ0n) is 8.81. The summed E-state index contributed by atoms with van der Waals surface area (Å²) in [5, 5.41) is 9.56. The van der Waals surface area contributed by atoms with Crippen LogP contribution in [0.1, 0.15) is 16.7 Å². The second-order valence-corrected chi connectivity index (χ2v) is 3.96. The molecule has 0 radical (unpaired) electrons. The molecule has 1 aromatic rings. The van der Waals surface area contributed by atoms with Gasteiger partial charge in [-0.25, -0.2) is 0 Å². The molecule has 0 amide bonds. The molecule has 0 atom stereocenters. The van der Waals surface area contributed by atoms with Crippen molar-refractivity contribution in [3.8, 4) is 5.75 Å². The van der Waals surface area contributed by atoms with E-state index in [1.807, 2.05) is 13.8 Å². The molecule has 2 heteroatoms. The van der Waals surface area contributed by atoms with E-state index in [0.717, 1.165) is 17.7 Å². The monoisotopic (exact) mass is 180 g/mol. The SMILES string of the molecule is Cc1cc(C[NH+](C)C)cc(C)c1O. The van der Waals surface area contributed by atoms with Crippen LogP contribution < -0.4 is 4.90 Å². The standard InChI is InChI=1S/C11H17NO/c1-8-5-10(7-12(3)4)6-9(2)11(8)13/h5-6,13H,7H2,1-4H3/p+1. The molecule has 1 aromatic carbocycles. The van der Waals surface area contributed by atoms with Crippen molar-refractivity contribution in [1.29, 1.82) is 0 Å². The van der Waals surface area contributed by atoms with Gasteiger partial charge in [0.1, 0.15) is 12.3 Å². The molecular weight excluding hydrogens is 162 g/mol. The fraction of sp³-hybridized carbons (Fsp3) is 0.455. The molecule has 1 rings (SSSR count). The molecule has 0 aromatic heterocycles. The van der Waals surface area contributed by atoms with Gasteiger partial charge in [0.05, 0.1) is 14.1 Å². The van der Waals surface area contributed by atoms with E-state index < -0.39 is 0 Å². The van der Waals surface area contributed by atoms with Crippen LogP contribution in [0.25, 0.3) is 0 Å². The molecule has 0 unspecified atom stereocenters. The molecule has 0 heterocycles. The van der Waals surface area contributed by atoms with Crippen molar-refractivity contribution in [3.63, 3.8) is 0 Å². The predicted octanol–water partition coefficient (Wildman–Crippen LogP) is 0.654. The van der Waals surface area contributed by atoms with E-state index >= 15 is 0 Å². The smallest absolute Gasteiger partial charge is 0.121 e. The van der Waals surface area contributed by atoms with Crippen LogP contribution in [0.2, 0.25) is 0 Å². The largest absolute Gasteiger partial charge is 0.507 e. The summed E-state index contributed by atoms with van der Waals surface area (Å²) in [5.41, 5.74) is 3.22. The Bertz CT molecular complexity index is 282. The van der Waals surface area contributed by atoms with Gasteiger partial charge in [-0.1, -0.05) is 0 Å². The number of hydrogen-bond acceptors (Lipinski definition) is 1. The Morgan fingerprint density at radius 2 is 1.62 bits per heavy atom. The highest BCUT2D eigenvalue weighted by atomic mass is 16.3. The predicted molar refractivity (Wildman–Crippen MR) is 54.1 cm³/mol. The van der Waals surface area contributed by atoms with Crippen molar-refractivity contribution in [3.05, 3.63) is 28.8 Å². The zero-order valence-corrected chi connectivity index (χ0v) is 8.81. The number of rotatable bonds is 2. The minimum absolute atomic E-state index is 0.428. The summed E-state index contributed by atoms with van der Waals surface area (Å²) < 4.78 is 0. The minimum atomic E-state index is 0.428. The van der Waals surface area contributed by atoms with Crippen molar-refractivity contribution in [1.82, 2.24) is 0 Å². The van der Waals surface area contributed by atoms with Crippen LogP contribution in [-0.4, -0.2) is 19.2 Å². The molecule has 0 bridgehead atoms. The number of hydrogen-bond donors (Lipinski definition) is 2. The van der Waals surface area contributed by atoms with Crippen LogP contribution >= 0.6 is 0 Å². The van der Waals surface area contributed by atoms with Crippen LogP contribution in [-0.2, 0) is 6.54 Å². The van der Waals surface area contributed by atoms with Gasteiger partial charge in [0, 0.05) is 5.56 Å². The van der Waals surface area contributed by atoms with Gasteiger partial charge >= 0.3 is 0 Å². The first-order valence-corrected chi connectivity index (χ1v) is 4.59. The number of aromatic hydroxyl groups is 1. The molecule has 0 fully saturated rings. The lowest BCUT2D eigenvalue weighted by molar-refractivity contribution is -0.872. The molecule has 0 aliphatic rings. The number of phenols is 1. The van der Waals surface area contributed by atoms with E-state index in [-0.39, 0.29) is 0 Å². The van der Waals surface area contributed by atoms with Gasteiger partial charge in [-0.05, 0) is 37.1 Å². The van der Waals surface area contributed by atoms with Gasteiger partial charge in [-0.3, -0.25) is 0 Å². The maximum absolute atomic E-state index is 9.56. The highest BCUT2D eigenvalue weighted by Gasteiger charge is 2.05. The summed E-state index contributed by atoms with van der Waals surface area (Å²) in [6.07, 6.45) is 0. The summed E-state index contributed by atoms with van der Waals surface area (Å²) in [5.74, 6) is 0.428. The van der Waals surface area contributed by atoms with Crippen LogP contribution in [0, 0.1) is 13.8 Å². The van der Waals surface area contributed by atoms with E-state index in [4.69, 9.17) is 0 Å². The first-order chi connectivity index (χ1) is 6.00. The molecule has 0 aliphatic carbocycles. The molecule has 0 saturated heterocycles. The Labute approximate surface area is 79.8 Å². The third-order valence-electron chi connectivity index (χ3n) is 2.11. The topological polar surface area (TPSA) is 24.7 Å². The summed E-state index contributed by atoms with van der Waals surface area (Å²) in [6, 6.07) is 4.10. The summed E-state index contributed by atoms with van der Waals surface area (Å²) >= 11 is 0. The van der Waals surface area contributed by atoms with Gasteiger partial charge in [0.2, 0.25) is 0 Å². The molecule has 0 spiro atoms. The Hall–Kier alpha value is -1.02. The van der Waals surface area contributed by atoms with Gasteiger partial charge in [0.25, 0.3) is 0 Å². The fourth-order valence-corrected chi connectivity index (χ4v) is 1.56. The molecule has 72 valence electrons. The van der Waals surface area contributed by atoms with E-state index in [0.29, 0.717) is 5.75 Å². The fourth-order valence-electron chi connectivity index (χ4n) is 1.56. The highest BCUT2D eigenvalue weighted by molar-refractivity contribution is 5.41. The summed E-state index contributed by atoms with van der Waals surface area (Å²) in [6.45, 7) is 4.88. The Morgan fingerprint density at radius 3 is 2.00 bits per heavy atom. The number of nitrogens with one attached hydrogen (secondary N) is 1. The van der Waals surface area contributed by atoms with Gasteiger partial charge in [-0.2, -0.15) is 0 Å². The summed E-state index contributed by atoms with van der Waals surface area (Å²) in [4.78, 5) is 1.39. The highest BCUT2D eigenvalue weighted by Crippen LogP contribution is 2.22. The number of benzene rings is 1. The Balaban J connectivity index is 2.99. The average molecular weight is 180 g/mol. The molecule has 13 heavy (non-hydrogen) atoms. The first-order valence-electron chi connectivity index (χ1n) is 4.59. The lowest BCUT2D eigenvalue weighted by Gasteiger charge is -2.10. The van der Waals surface area contributed by atoms with Crippen molar-refractivity contribution >= 4 is 0 Å². The van der Waals surface area contributed by atoms with Crippen molar-refractivity contribution in [2.45, 2.75) is 20.4 Å². The first kappa shape index (κ1) is 10.1. The normalized spacial score (nSPS) is 10.8. The molecular formula is C11H18NO+. The maximum atomic E-state index is 9.56. The lowest BCUT2D eigenvalue weighted by atomic mass is 10.1. The van der Waals surface area contributed by atoms with Crippen LogP contribution in [0.5, 0.6) is 5.75 Å². The molecule has 2 nitrogen and oxygen atoms in total. The van der Waals surface area contributed by atoms with Crippen LogP contribution in [0.3, 0.4) is 0 Å². The third-order valence-corrected chi connectivity index (χ3v) is 2.11. The lowest BCUT2D eigenvalue weighted by Crippen LogP contribution is -3.04. The average Bonchev–Trinajstić information content (AvgIpc) is 1.98. The molecule has 2 N–H and O–H groups in total. The van der Waals surface area contributed by atoms with E-state index in [1.54, 1.807) is 0 Å². The Morgan fingerprint density at radius 1 is 1.15 bits per heavy atom.